The van der Waals surface area contributed by atoms with E-state index in [1.54, 1.807) is 41.3 Å². The molecule has 1 fully saturated rings. The van der Waals surface area contributed by atoms with Crippen molar-refractivity contribution in [2.24, 2.45) is 4.99 Å². The zero-order valence-electron chi connectivity index (χ0n) is 15.0. The highest BCUT2D eigenvalue weighted by atomic mass is 35.5. The SMILES string of the molecule is CCOc1cc(/C=C2/SC(=Nc3cccc(Cl)c3)N(CC)C2=O)ccc1O. The molecule has 1 saturated heterocycles. The fourth-order valence-corrected chi connectivity index (χ4v) is 3.82. The molecule has 0 bridgehead atoms. The molecule has 1 amide bonds. The number of hydrogen-bond donors (Lipinski definition) is 1. The van der Waals surface area contributed by atoms with Crippen molar-refractivity contribution in [1.29, 1.82) is 0 Å². The number of rotatable bonds is 5. The molecule has 1 heterocycles. The van der Waals surface area contributed by atoms with Crippen molar-refractivity contribution in [2.75, 3.05) is 13.2 Å². The van der Waals surface area contributed by atoms with Crippen LogP contribution in [0.3, 0.4) is 0 Å². The van der Waals surface area contributed by atoms with E-state index in [2.05, 4.69) is 4.99 Å². The lowest BCUT2D eigenvalue weighted by atomic mass is 10.2. The number of amides is 1. The molecule has 2 aromatic carbocycles. The maximum atomic E-state index is 12.7. The summed E-state index contributed by atoms with van der Waals surface area (Å²) in [5.41, 5.74) is 1.47. The molecule has 0 atom stereocenters. The Labute approximate surface area is 167 Å². The Hall–Kier alpha value is -2.44. The first-order valence-electron chi connectivity index (χ1n) is 8.53. The van der Waals surface area contributed by atoms with Crippen LogP contribution in [-0.4, -0.2) is 34.2 Å². The lowest BCUT2D eigenvalue weighted by molar-refractivity contribution is -0.122. The molecule has 0 aliphatic carbocycles. The number of amidine groups is 1. The first-order chi connectivity index (χ1) is 13.0. The van der Waals surface area contributed by atoms with Crippen molar-refractivity contribution in [1.82, 2.24) is 4.90 Å². The molecule has 7 heteroatoms. The molecule has 0 spiro atoms. The standard InChI is InChI=1S/C20H19ClN2O3S/c1-3-23-19(25)18(11-13-8-9-16(24)17(10-13)26-4-2)27-20(23)22-15-7-5-6-14(21)12-15/h5-12,24H,3-4H2,1-2H3/b18-11+,22-20?. The van der Waals surface area contributed by atoms with E-state index in [9.17, 15) is 9.90 Å². The van der Waals surface area contributed by atoms with Crippen molar-refractivity contribution in [3.8, 4) is 11.5 Å². The molecule has 140 valence electrons. The smallest absolute Gasteiger partial charge is 0.266 e. The van der Waals surface area contributed by atoms with Gasteiger partial charge < -0.3 is 9.84 Å². The molecule has 1 N–H and O–H groups in total. The Morgan fingerprint density at radius 1 is 1.26 bits per heavy atom. The molecular weight excluding hydrogens is 384 g/mol. The summed E-state index contributed by atoms with van der Waals surface area (Å²) in [4.78, 5) is 19.5. The highest BCUT2D eigenvalue weighted by Gasteiger charge is 2.32. The second-order valence-corrected chi connectivity index (χ2v) is 7.14. The van der Waals surface area contributed by atoms with Crippen LogP contribution in [-0.2, 0) is 4.79 Å². The van der Waals surface area contributed by atoms with Crippen LogP contribution in [0.1, 0.15) is 19.4 Å². The van der Waals surface area contributed by atoms with Crippen molar-refractivity contribution < 1.29 is 14.6 Å². The maximum absolute atomic E-state index is 12.7. The number of aromatic hydroxyl groups is 1. The van der Waals surface area contributed by atoms with Gasteiger partial charge in [-0.1, -0.05) is 23.7 Å². The van der Waals surface area contributed by atoms with E-state index >= 15 is 0 Å². The summed E-state index contributed by atoms with van der Waals surface area (Å²) in [5.74, 6) is 0.361. The lowest BCUT2D eigenvalue weighted by Crippen LogP contribution is -2.28. The Morgan fingerprint density at radius 2 is 2.07 bits per heavy atom. The number of phenols is 1. The topological polar surface area (TPSA) is 62.1 Å². The molecule has 27 heavy (non-hydrogen) atoms. The van der Waals surface area contributed by atoms with Gasteiger partial charge in [0, 0.05) is 11.6 Å². The summed E-state index contributed by atoms with van der Waals surface area (Å²) in [6.45, 7) is 4.71. The van der Waals surface area contributed by atoms with Crippen LogP contribution in [0.4, 0.5) is 5.69 Å². The van der Waals surface area contributed by atoms with Gasteiger partial charge in [-0.2, -0.15) is 0 Å². The number of hydrogen-bond acceptors (Lipinski definition) is 5. The van der Waals surface area contributed by atoms with E-state index in [0.717, 1.165) is 5.56 Å². The Balaban J connectivity index is 1.92. The first kappa shape index (κ1) is 19.3. The van der Waals surface area contributed by atoms with E-state index in [1.165, 1.54) is 11.8 Å². The summed E-state index contributed by atoms with van der Waals surface area (Å²) < 4.78 is 5.40. The molecular formula is C20H19ClN2O3S. The van der Waals surface area contributed by atoms with Gasteiger partial charge in [-0.3, -0.25) is 9.69 Å². The van der Waals surface area contributed by atoms with Crippen molar-refractivity contribution >= 4 is 46.2 Å². The van der Waals surface area contributed by atoms with Gasteiger partial charge in [0.05, 0.1) is 17.2 Å². The lowest BCUT2D eigenvalue weighted by Gasteiger charge is -2.12. The van der Waals surface area contributed by atoms with Gasteiger partial charge in [0.15, 0.2) is 16.7 Å². The van der Waals surface area contributed by atoms with Crippen LogP contribution in [0.5, 0.6) is 11.5 Å². The molecule has 0 saturated carbocycles. The number of carbonyl (C=O) groups excluding carboxylic acids is 1. The Kier molecular flexibility index (Phi) is 6.08. The number of ether oxygens (including phenoxy) is 1. The number of benzene rings is 2. The van der Waals surface area contributed by atoms with E-state index in [4.69, 9.17) is 16.3 Å². The number of likely N-dealkylation sites (N-methyl/N-ethyl adjacent to an activating group) is 1. The molecule has 0 radical (unpaired) electrons. The molecule has 5 nitrogen and oxygen atoms in total. The zero-order chi connectivity index (χ0) is 19.4. The van der Waals surface area contributed by atoms with Gasteiger partial charge in [0.2, 0.25) is 0 Å². The van der Waals surface area contributed by atoms with E-state index < -0.39 is 0 Å². The number of phenolic OH excluding ortho intramolecular Hbond substituents is 1. The fraction of sp³-hybridized carbons (Fsp3) is 0.200. The van der Waals surface area contributed by atoms with Crippen molar-refractivity contribution in [3.05, 3.63) is 58.0 Å². The number of halogens is 1. The molecule has 0 aromatic heterocycles. The van der Waals surface area contributed by atoms with Gasteiger partial charge in [0.1, 0.15) is 0 Å². The second-order valence-electron chi connectivity index (χ2n) is 5.69. The van der Waals surface area contributed by atoms with Crippen LogP contribution in [0.2, 0.25) is 5.02 Å². The van der Waals surface area contributed by atoms with Crippen LogP contribution >= 0.6 is 23.4 Å². The fourth-order valence-electron chi connectivity index (χ4n) is 2.57. The predicted molar refractivity (Wildman–Crippen MR) is 111 cm³/mol. The predicted octanol–water partition coefficient (Wildman–Crippen LogP) is 5.07. The summed E-state index contributed by atoms with van der Waals surface area (Å²) in [7, 11) is 0. The van der Waals surface area contributed by atoms with E-state index in [0.29, 0.717) is 39.7 Å². The summed E-state index contributed by atoms with van der Waals surface area (Å²) in [6, 6.07) is 12.2. The third kappa shape index (κ3) is 4.46. The number of aliphatic imine (C=N–C) groups is 1. The normalized spacial score (nSPS) is 17.1. The number of thioether (sulfide) groups is 1. The molecule has 3 rings (SSSR count). The highest BCUT2D eigenvalue weighted by molar-refractivity contribution is 8.18. The zero-order valence-corrected chi connectivity index (χ0v) is 16.5. The minimum absolute atomic E-state index is 0.0720. The van der Waals surface area contributed by atoms with Crippen LogP contribution in [0, 0.1) is 0 Å². The van der Waals surface area contributed by atoms with Crippen LogP contribution in [0.25, 0.3) is 6.08 Å². The molecule has 0 unspecified atom stereocenters. The summed E-state index contributed by atoms with van der Waals surface area (Å²) in [6.07, 6.45) is 1.78. The van der Waals surface area contributed by atoms with Crippen LogP contribution < -0.4 is 4.74 Å². The van der Waals surface area contributed by atoms with Gasteiger partial charge in [-0.25, -0.2) is 4.99 Å². The molecule has 1 aliphatic rings. The largest absolute Gasteiger partial charge is 0.504 e. The van der Waals surface area contributed by atoms with Gasteiger partial charge in [-0.05, 0) is 67.6 Å². The molecule has 1 aliphatic heterocycles. The third-order valence-corrected chi connectivity index (χ3v) is 5.06. The van der Waals surface area contributed by atoms with Crippen molar-refractivity contribution in [3.63, 3.8) is 0 Å². The Morgan fingerprint density at radius 3 is 2.78 bits per heavy atom. The number of nitrogens with zero attached hydrogens (tertiary/aromatic N) is 2. The average Bonchev–Trinajstić information content (AvgIpc) is 2.92. The van der Waals surface area contributed by atoms with Gasteiger partial charge >= 0.3 is 0 Å². The number of carbonyl (C=O) groups is 1. The van der Waals surface area contributed by atoms with Crippen LogP contribution in [0.15, 0.2) is 52.4 Å². The van der Waals surface area contributed by atoms with E-state index in [-0.39, 0.29) is 11.7 Å². The highest BCUT2D eigenvalue weighted by Crippen LogP contribution is 2.35. The first-order valence-corrected chi connectivity index (χ1v) is 9.72. The third-order valence-electron chi connectivity index (χ3n) is 3.82. The maximum Gasteiger partial charge on any atom is 0.266 e. The minimum atomic E-state index is -0.102. The second kappa shape index (κ2) is 8.50. The monoisotopic (exact) mass is 402 g/mol. The van der Waals surface area contributed by atoms with Crippen molar-refractivity contribution in [2.45, 2.75) is 13.8 Å². The summed E-state index contributed by atoms with van der Waals surface area (Å²) >= 11 is 7.33. The van der Waals surface area contributed by atoms with Gasteiger partial charge in [0.25, 0.3) is 5.91 Å². The van der Waals surface area contributed by atoms with E-state index in [1.807, 2.05) is 26.0 Å². The Bertz CT molecular complexity index is 927. The average molecular weight is 403 g/mol. The molecule has 2 aromatic rings. The quantitative estimate of drug-likeness (QED) is 0.709. The minimum Gasteiger partial charge on any atom is -0.504 e. The summed E-state index contributed by atoms with van der Waals surface area (Å²) in [5, 5.41) is 11.0. The van der Waals surface area contributed by atoms with Gasteiger partial charge in [-0.15, -0.1) is 0 Å².